The van der Waals surface area contributed by atoms with Crippen molar-refractivity contribution in [1.82, 2.24) is 9.44 Å². The van der Waals surface area contributed by atoms with Crippen molar-refractivity contribution in [3.63, 3.8) is 0 Å². The average molecular weight is 539 g/mol. The first-order chi connectivity index (χ1) is 15.8. The number of halogens is 5. The summed E-state index contributed by atoms with van der Waals surface area (Å²) < 4.78 is 68.6. The van der Waals surface area contributed by atoms with E-state index in [0.717, 1.165) is 6.07 Å². The second-order valence-electron chi connectivity index (χ2n) is 7.55. The van der Waals surface area contributed by atoms with Gasteiger partial charge in [-0.25, -0.2) is 4.72 Å². The van der Waals surface area contributed by atoms with Crippen LogP contribution in [-0.4, -0.2) is 39.4 Å². The van der Waals surface area contributed by atoms with E-state index < -0.39 is 39.8 Å². The van der Waals surface area contributed by atoms with Crippen molar-refractivity contribution in [2.75, 3.05) is 18.0 Å². The molecule has 0 spiro atoms. The SMILES string of the molecule is NC(=O)c1cc(N2CCC(NS(=O)(=O)NC(=O)c3cccc(Cl)c3Cl)CC2)cc(C(F)(F)F)c1. The molecular formula is C20H19Cl2F3N4O4S. The molecule has 1 heterocycles. The third-order valence-corrected chi connectivity index (χ3v) is 7.05. The number of piperidine rings is 1. The van der Waals surface area contributed by atoms with Crippen LogP contribution in [0.2, 0.25) is 10.0 Å². The molecule has 1 aliphatic heterocycles. The summed E-state index contributed by atoms with van der Waals surface area (Å²) in [4.78, 5) is 25.4. The van der Waals surface area contributed by atoms with E-state index in [1.807, 2.05) is 4.72 Å². The fourth-order valence-electron chi connectivity index (χ4n) is 3.46. The molecule has 3 rings (SSSR count). The summed E-state index contributed by atoms with van der Waals surface area (Å²) in [6.45, 7) is 0.390. The summed E-state index contributed by atoms with van der Waals surface area (Å²) in [5, 5.41) is -0.0114. The molecule has 2 aromatic rings. The van der Waals surface area contributed by atoms with Gasteiger partial charge in [0.1, 0.15) is 0 Å². The van der Waals surface area contributed by atoms with Gasteiger partial charge < -0.3 is 10.6 Å². The lowest BCUT2D eigenvalue weighted by atomic mass is 10.0. The molecule has 0 aliphatic carbocycles. The van der Waals surface area contributed by atoms with E-state index in [0.29, 0.717) is 6.07 Å². The smallest absolute Gasteiger partial charge is 0.371 e. The topological polar surface area (TPSA) is 122 Å². The van der Waals surface area contributed by atoms with E-state index in [1.54, 1.807) is 4.90 Å². The number of hydrogen-bond donors (Lipinski definition) is 3. The maximum atomic E-state index is 13.2. The zero-order valence-electron chi connectivity index (χ0n) is 17.3. The fraction of sp³-hybridized carbons (Fsp3) is 0.300. The van der Waals surface area contributed by atoms with Gasteiger partial charge in [-0.05, 0) is 43.2 Å². The molecule has 1 saturated heterocycles. The monoisotopic (exact) mass is 538 g/mol. The molecular weight excluding hydrogens is 520 g/mol. The number of rotatable bonds is 6. The van der Waals surface area contributed by atoms with Gasteiger partial charge in [-0.15, -0.1) is 0 Å². The standard InChI is InChI=1S/C20H19Cl2F3N4O4S/c21-16-3-1-2-15(17(16)22)19(31)28-34(32,33)27-13-4-6-29(7-5-13)14-9-11(18(26)30)8-12(10-14)20(23,24)25/h1-3,8-10,13,27H,4-7H2,(H2,26,30)(H,28,31). The highest BCUT2D eigenvalue weighted by Gasteiger charge is 2.33. The molecule has 1 fully saturated rings. The van der Waals surface area contributed by atoms with Crippen molar-refractivity contribution < 1.29 is 31.2 Å². The van der Waals surface area contributed by atoms with E-state index in [-0.39, 0.29) is 52.8 Å². The first-order valence-corrected chi connectivity index (χ1v) is 12.1. The number of carbonyl (C=O) groups excluding carboxylic acids is 2. The Morgan fingerprint density at radius 3 is 2.32 bits per heavy atom. The summed E-state index contributed by atoms with van der Waals surface area (Å²) in [7, 11) is -4.26. The number of amides is 2. The molecule has 1 aliphatic rings. The molecule has 0 radical (unpaired) electrons. The Bertz CT molecular complexity index is 1220. The number of nitrogens with one attached hydrogen (secondary N) is 2. The Labute approximate surface area is 203 Å². The Morgan fingerprint density at radius 1 is 1.09 bits per heavy atom. The lowest BCUT2D eigenvalue weighted by molar-refractivity contribution is -0.137. The number of carbonyl (C=O) groups is 2. The van der Waals surface area contributed by atoms with Gasteiger partial charge in [0.15, 0.2) is 0 Å². The zero-order chi connectivity index (χ0) is 25.3. The van der Waals surface area contributed by atoms with Gasteiger partial charge in [-0.2, -0.15) is 26.3 Å². The number of nitrogens with two attached hydrogens (primary N) is 1. The van der Waals surface area contributed by atoms with E-state index >= 15 is 0 Å². The second kappa shape index (κ2) is 9.98. The van der Waals surface area contributed by atoms with Crippen molar-refractivity contribution in [3.05, 3.63) is 63.1 Å². The van der Waals surface area contributed by atoms with Crippen LogP contribution < -0.4 is 20.1 Å². The number of primary amides is 1. The van der Waals surface area contributed by atoms with Gasteiger partial charge in [0.05, 0.1) is 21.2 Å². The highest BCUT2D eigenvalue weighted by molar-refractivity contribution is 7.88. The van der Waals surface area contributed by atoms with Gasteiger partial charge in [0.25, 0.3) is 5.91 Å². The molecule has 34 heavy (non-hydrogen) atoms. The predicted molar refractivity (Wildman–Crippen MR) is 121 cm³/mol. The highest BCUT2D eigenvalue weighted by atomic mass is 35.5. The maximum Gasteiger partial charge on any atom is 0.416 e. The molecule has 184 valence electrons. The Hall–Kier alpha value is -2.54. The van der Waals surface area contributed by atoms with Crippen LogP contribution in [0, 0.1) is 0 Å². The van der Waals surface area contributed by atoms with Gasteiger partial charge >= 0.3 is 16.4 Å². The quantitative estimate of drug-likeness (QED) is 0.520. The van der Waals surface area contributed by atoms with Crippen molar-refractivity contribution in [2.45, 2.75) is 25.1 Å². The lowest BCUT2D eigenvalue weighted by Gasteiger charge is -2.34. The van der Waals surface area contributed by atoms with Crippen LogP contribution in [0.25, 0.3) is 0 Å². The second-order valence-corrected chi connectivity index (χ2v) is 9.78. The predicted octanol–water partition coefficient (Wildman–Crippen LogP) is 3.34. The average Bonchev–Trinajstić information content (AvgIpc) is 2.74. The lowest BCUT2D eigenvalue weighted by Crippen LogP contribution is -2.49. The first kappa shape index (κ1) is 26.1. The van der Waals surface area contributed by atoms with E-state index in [1.165, 1.54) is 24.3 Å². The van der Waals surface area contributed by atoms with Crippen molar-refractivity contribution in [1.29, 1.82) is 0 Å². The summed E-state index contributed by atoms with van der Waals surface area (Å²) in [6, 6.07) is 6.46. The molecule has 8 nitrogen and oxygen atoms in total. The van der Waals surface area contributed by atoms with Crippen LogP contribution in [0.4, 0.5) is 18.9 Å². The van der Waals surface area contributed by atoms with Crippen molar-refractivity contribution in [3.8, 4) is 0 Å². The molecule has 14 heteroatoms. The summed E-state index contributed by atoms with van der Waals surface area (Å²) in [5.74, 6) is -1.97. The summed E-state index contributed by atoms with van der Waals surface area (Å²) >= 11 is 11.8. The van der Waals surface area contributed by atoms with E-state index in [2.05, 4.69) is 4.72 Å². The van der Waals surface area contributed by atoms with Gasteiger partial charge in [-0.1, -0.05) is 29.3 Å². The molecule has 0 saturated carbocycles. The van der Waals surface area contributed by atoms with Crippen LogP contribution in [0.1, 0.15) is 39.1 Å². The molecule has 2 amide bonds. The third-order valence-electron chi connectivity index (χ3n) is 5.13. The maximum absolute atomic E-state index is 13.2. The number of nitrogens with zero attached hydrogens (tertiary/aromatic N) is 1. The van der Waals surface area contributed by atoms with Crippen molar-refractivity contribution in [2.24, 2.45) is 5.73 Å². The molecule has 0 bridgehead atoms. The number of anilines is 1. The third kappa shape index (κ3) is 6.32. The van der Waals surface area contributed by atoms with Crippen LogP contribution >= 0.6 is 23.2 Å². The van der Waals surface area contributed by atoms with Crippen LogP contribution in [0.3, 0.4) is 0 Å². The zero-order valence-corrected chi connectivity index (χ0v) is 19.7. The van der Waals surface area contributed by atoms with Gasteiger partial charge in [-0.3, -0.25) is 9.59 Å². The molecule has 0 atom stereocenters. The highest BCUT2D eigenvalue weighted by Crippen LogP contribution is 2.34. The Balaban J connectivity index is 1.66. The minimum absolute atomic E-state index is 0.0844. The summed E-state index contributed by atoms with van der Waals surface area (Å²) in [6.07, 6.45) is -4.21. The van der Waals surface area contributed by atoms with Crippen LogP contribution in [0.15, 0.2) is 36.4 Å². The van der Waals surface area contributed by atoms with Gasteiger partial charge in [0.2, 0.25) is 5.91 Å². The Morgan fingerprint density at radius 2 is 1.74 bits per heavy atom. The minimum Gasteiger partial charge on any atom is -0.371 e. The number of alkyl halides is 3. The Kier molecular flexibility index (Phi) is 7.65. The molecule has 0 unspecified atom stereocenters. The number of hydrogen-bond acceptors (Lipinski definition) is 5. The minimum atomic E-state index is -4.67. The largest absolute Gasteiger partial charge is 0.416 e. The van der Waals surface area contributed by atoms with E-state index in [4.69, 9.17) is 28.9 Å². The summed E-state index contributed by atoms with van der Waals surface area (Å²) in [5.41, 5.74) is 3.90. The normalized spacial score (nSPS) is 15.3. The van der Waals surface area contributed by atoms with Gasteiger partial charge in [0, 0.05) is 30.4 Å². The van der Waals surface area contributed by atoms with Crippen molar-refractivity contribution >= 4 is 50.9 Å². The molecule has 4 N–H and O–H groups in total. The number of benzene rings is 2. The fourth-order valence-corrected chi connectivity index (χ4v) is 4.93. The molecule has 0 aromatic heterocycles. The van der Waals surface area contributed by atoms with Crippen LogP contribution in [0.5, 0.6) is 0 Å². The molecule has 2 aromatic carbocycles. The van der Waals surface area contributed by atoms with Crippen LogP contribution in [-0.2, 0) is 16.4 Å². The first-order valence-electron chi connectivity index (χ1n) is 9.82. The van der Waals surface area contributed by atoms with E-state index in [9.17, 15) is 31.2 Å².